The van der Waals surface area contributed by atoms with Gasteiger partial charge in [-0.3, -0.25) is 14.7 Å². The number of ether oxygens (including phenoxy) is 1. The number of aromatic amines is 1. The molecule has 1 aliphatic rings. The van der Waals surface area contributed by atoms with Crippen molar-refractivity contribution in [3.05, 3.63) is 82.9 Å². The summed E-state index contributed by atoms with van der Waals surface area (Å²) in [6, 6.07) is 16.8. The number of carbonyl (C=O) groups is 1. The number of aromatic nitrogens is 2. The Kier molecular flexibility index (Phi) is 7.68. The Balaban J connectivity index is 1.48. The van der Waals surface area contributed by atoms with E-state index < -0.39 is 0 Å². The lowest BCUT2D eigenvalue weighted by molar-refractivity contribution is 0.0596. The van der Waals surface area contributed by atoms with Crippen LogP contribution in [0.2, 0.25) is 0 Å². The normalized spacial score (nSPS) is 15.5. The van der Waals surface area contributed by atoms with Crippen LogP contribution in [0, 0.1) is 19.8 Å². The predicted octanol–water partition coefficient (Wildman–Crippen LogP) is 4.63. The summed E-state index contributed by atoms with van der Waals surface area (Å²) in [6.07, 6.45) is 4.78. The second kappa shape index (κ2) is 10.9. The minimum atomic E-state index is 0.121. The molecule has 1 aromatic carbocycles. The third-order valence-electron chi connectivity index (χ3n) is 7.02. The molecule has 2 aromatic heterocycles. The average molecular weight is 461 g/mol. The van der Waals surface area contributed by atoms with Crippen molar-refractivity contribution in [3.8, 4) is 5.75 Å². The van der Waals surface area contributed by atoms with Crippen LogP contribution in [-0.2, 0) is 13.0 Å². The van der Waals surface area contributed by atoms with E-state index in [2.05, 4.69) is 46.2 Å². The van der Waals surface area contributed by atoms with Crippen LogP contribution in [0.25, 0.3) is 0 Å². The van der Waals surface area contributed by atoms with E-state index in [4.69, 9.17) is 4.74 Å². The standard InChI is InChI=1S/C28H36N4O2/c1-20-16-21(2)30-27(20)28(33)32-14-11-23(12-15-32)26(18-22-8-7-10-25(17-22)34-4)31(3)19-24-9-5-6-13-29-24/h5-10,13,16-17,23,26,30H,11-12,14-15,18-19H2,1-4H3. The van der Waals surface area contributed by atoms with Crippen LogP contribution >= 0.6 is 0 Å². The number of likely N-dealkylation sites (tertiary alicyclic amines) is 1. The number of aryl methyl sites for hydroxylation is 2. The summed E-state index contributed by atoms with van der Waals surface area (Å²) >= 11 is 0. The molecule has 180 valence electrons. The lowest BCUT2D eigenvalue weighted by atomic mass is 9.84. The van der Waals surface area contributed by atoms with Crippen molar-refractivity contribution in [2.45, 2.75) is 45.7 Å². The van der Waals surface area contributed by atoms with E-state index in [1.54, 1.807) is 7.11 Å². The molecule has 1 amide bonds. The van der Waals surface area contributed by atoms with Crippen molar-refractivity contribution in [1.29, 1.82) is 0 Å². The molecule has 0 aliphatic carbocycles. The van der Waals surface area contributed by atoms with Gasteiger partial charge in [-0.05, 0) is 87.5 Å². The first-order chi connectivity index (χ1) is 16.4. The van der Waals surface area contributed by atoms with Gasteiger partial charge < -0.3 is 14.6 Å². The lowest BCUT2D eigenvalue weighted by Crippen LogP contribution is -2.46. The summed E-state index contributed by atoms with van der Waals surface area (Å²) in [4.78, 5) is 25.3. The van der Waals surface area contributed by atoms with Gasteiger partial charge in [0.2, 0.25) is 0 Å². The van der Waals surface area contributed by atoms with Crippen LogP contribution < -0.4 is 4.74 Å². The fourth-order valence-corrected chi connectivity index (χ4v) is 5.18. The van der Waals surface area contributed by atoms with Gasteiger partial charge in [0, 0.05) is 37.6 Å². The molecule has 3 aromatic rings. The fourth-order valence-electron chi connectivity index (χ4n) is 5.18. The van der Waals surface area contributed by atoms with Gasteiger partial charge in [0.25, 0.3) is 5.91 Å². The molecule has 1 atom stereocenters. The van der Waals surface area contributed by atoms with Crippen molar-refractivity contribution < 1.29 is 9.53 Å². The Morgan fingerprint density at radius 3 is 2.62 bits per heavy atom. The molecular weight excluding hydrogens is 424 g/mol. The first kappa shape index (κ1) is 24.0. The molecule has 3 heterocycles. The van der Waals surface area contributed by atoms with Gasteiger partial charge in [-0.15, -0.1) is 0 Å². The van der Waals surface area contributed by atoms with Crippen LogP contribution in [0.4, 0.5) is 0 Å². The van der Waals surface area contributed by atoms with Crippen molar-refractivity contribution >= 4 is 5.91 Å². The Hall–Kier alpha value is -3.12. The summed E-state index contributed by atoms with van der Waals surface area (Å²) in [7, 11) is 3.91. The maximum absolute atomic E-state index is 13.1. The van der Waals surface area contributed by atoms with Gasteiger partial charge in [-0.25, -0.2) is 0 Å². The Morgan fingerprint density at radius 2 is 1.97 bits per heavy atom. The van der Waals surface area contributed by atoms with Crippen LogP contribution in [-0.4, -0.2) is 59.0 Å². The predicted molar refractivity (Wildman–Crippen MR) is 135 cm³/mol. The van der Waals surface area contributed by atoms with Crippen LogP contribution in [0.3, 0.4) is 0 Å². The molecule has 1 fully saturated rings. The Labute approximate surface area is 203 Å². The zero-order valence-electron chi connectivity index (χ0n) is 20.8. The van der Waals surface area contributed by atoms with Gasteiger partial charge in [-0.1, -0.05) is 18.2 Å². The van der Waals surface area contributed by atoms with Crippen LogP contribution in [0.5, 0.6) is 5.75 Å². The highest BCUT2D eigenvalue weighted by Gasteiger charge is 2.32. The summed E-state index contributed by atoms with van der Waals surface area (Å²) < 4.78 is 5.46. The molecular formula is C28H36N4O2. The van der Waals surface area contributed by atoms with Gasteiger partial charge in [-0.2, -0.15) is 0 Å². The van der Waals surface area contributed by atoms with Gasteiger partial charge in [0.15, 0.2) is 0 Å². The monoisotopic (exact) mass is 460 g/mol. The van der Waals surface area contributed by atoms with Crippen molar-refractivity contribution in [2.24, 2.45) is 5.92 Å². The van der Waals surface area contributed by atoms with Crippen LogP contribution in [0.1, 0.15) is 45.8 Å². The van der Waals surface area contributed by atoms with Crippen molar-refractivity contribution in [2.75, 3.05) is 27.2 Å². The number of likely N-dealkylation sites (N-methyl/N-ethyl adjacent to an activating group) is 1. The summed E-state index contributed by atoms with van der Waals surface area (Å²) in [5, 5.41) is 0. The maximum Gasteiger partial charge on any atom is 0.270 e. The SMILES string of the molecule is COc1cccc(CC(C2CCN(C(=O)c3[nH]c(C)cc3C)CC2)N(C)Cc2ccccn2)c1. The average Bonchev–Trinajstić information content (AvgIpc) is 3.20. The Bertz CT molecular complexity index is 1090. The van der Waals surface area contributed by atoms with E-state index in [-0.39, 0.29) is 5.91 Å². The Morgan fingerprint density at radius 1 is 1.18 bits per heavy atom. The lowest BCUT2D eigenvalue weighted by Gasteiger charge is -2.40. The number of hydrogen-bond acceptors (Lipinski definition) is 4. The molecule has 0 bridgehead atoms. The quantitative estimate of drug-likeness (QED) is 0.532. The fraction of sp³-hybridized carbons (Fsp3) is 0.429. The number of nitrogens with one attached hydrogen (secondary N) is 1. The largest absolute Gasteiger partial charge is 0.497 e. The molecule has 1 aliphatic heterocycles. The first-order valence-corrected chi connectivity index (χ1v) is 12.1. The number of amides is 1. The number of rotatable bonds is 8. The molecule has 0 saturated carbocycles. The number of benzene rings is 1. The summed E-state index contributed by atoms with van der Waals surface area (Å²) in [5.41, 5.74) is 5.14. The first-order valence-electron chi connectivity index (χ1n) is 12.1. The van der Waals surface area contributed by atoms with Crippen molar-refractivity contribution in [3.63, 3.8) is 0 Å². The molecule has 1 unspecified atom stereocenters. The van der Waals surface area contributed by atoms with E-state index >= 15 is 0 Å². The van der Waals surface area contributed by atoms with E-state index in [1.807, 2.05) is 49.2 Å². The molecule has 1 saturated heterocycles. The summed E-state index contributed by atoms with van der Waals surface area (Å²) in [5.74, 6) is 1.51. The van der Waals surface area contributed by atoms with E-state index in [1.165, 1.54) is 5.56 Å². The molecule has 4 rings (SSSR count). The molecule has 6 nitrogen and oxygen atoms in total. The molecule has 6 heteroatoms. The number of carbonyl (C=O) groups excluding carboxylic acids is 1. The van der Waals surface area contributed by atoms with Crippen molar-refractivity contribution in [1.82, 2.24) is 19.8 Å². The molecule has 0 radical (unpaired) electrons. The maximum atomic E-state index is 13.1. The zero-order valence-corrected chi connectivity index (χ0v) is 20.8. The van der Waals surface area contributed by atoms with Gasteiger partial charge in [0.05, 0.1) is 12.8 Å². The topological polar surface area (TPSA) is 61.5 Å². The summed E-state index contributed by atoms with van der Waals surface area (Å²) in [6.45, 7) is 6.37. The van der Waals surface area contributed by atoms with E-state index in [9.17, 15) is 4.79 Å². The highest BCUT2D eigenvalue weighted by molar-refractivity contribution is 5.94. The number of pyridine rings is 1. The van der Waals surface area contributed by atoms with Gasteiger partial charge >= 0.3 is 0 Å². The number of hydrogen-bond donors (Lipinski definition) is 1. The zero-order chi connectivity index (χ0) is 24.1. The third-order valence-corrected chi connectivity index (χ3v) is 7.02. The van der Waals surface area contributed by atoms with Gasteiger partial charge in [0.1, 0.15) is 11.4 Å². The minimum absolute atomic E-state index is 0.121. The second-order valence-electron chi connectivity index (χ2n) is 9.50. The second-order valence-corrected chi connectivity index (χ2v) is 9.50. The number of nitrogens with zero attached hydrogens (tertiary/aromatic N) is 3. The van der Waals surface area contributed by atoms with E-state index in [0.29, 0.717) is 12.0 Å². The molecule has 34 heavy (non-hydrogen) atoms. The number of methoxy groups -OCH3 is 1. The number of H-pyrrole nitrogens is 1. The molecule has 0 spiro atoms. The third kappa shape index (κ3) is 5.68. The van der Waals surface area contributed by atoms with E-state index in [0.717, 1.165) is 67.3 Å². The minimum Gasteiger partial charge on any atom is -0.497 e. The molecule has 1 N–H and O–H groups in total. The smallest absolute Gasteiger partial charge is 0.270 e. The van der Waals surface area contributed by atoms with Crippen LogP contribution in [0.15, 0.2) is 54.7 Å². The highest BCUT2D eigenvalue weighted by atomic mass is 16.5. The number of piperidine rings is 1. The highest BCUT2D eigenvalue weighted by Crippen LogP contribution is 2.29.